The van der Waals surface area contributed by atoms with Crippen molar-refractivity contribution >= 4 is 11.5 Å². The molecule has 0 radical (unpaired) electrons. The summed E-state index contributed by atoms with van der Waals surface area (Å²) in [5.41, 5.74) is 1.25. The molecule has 0 aliphatic carbocycles. The Balaban J connectivity index is 1.76. The van der Waals surface area contributed by atoms with E-state index in [9.17, 15) is 14.3 Å². The predicted octanol–water partition coefficient (Wildman–Crippen LogP) is 1.43. The van der Waals surface area contributed by atoms with Crippen LogP contribution in [0, 0.1) is 5.82 Å². The molecule has 3 rings (SSSR count). The molecule has 0 aliphatic rings. The first kappa shape index (κ1) is 14.6. The summed E-state index contributed by atoms with van der Waals surface area (Å²) in [4.78, 5) is 11.7. The molecule has 0 aliphatic heterocycles. The molecular weight excluding hydrogens is 303 g/mol. The summed E-state index contributed by atoms with van der Waals surface area (Å²) in [5.74, 6) is -1.46. The Kier molecular flexibility index (Phi) is 3.91. The zero-order chi connectivity index (χ0) is 16.2. The lowest BCUT2D eigenvalue weighted by molar-refractivity contribution is 0.103. The highest BCUT2D eigenvalue weighted by molar-refractivity contribution is 6.04. The number of aromatic nitrogens is 6. The number of aromatic amines is 2. The SMILES string of the molecule is O=C(C=C(O)c1cc(Cc2ccccc2F)[nH]n1)c1nn[nH]n1. The van der Waals surface area contributed by atoms with Crippen LogP contribution in [-0.2, 0) is 6.42 Å². The number of nitrogens with one attached hydrogen (secondary N) is 2. The number of ketones is 1. The lowest BCUT2D eigenvalue weighted by atomic mass is 10.1. The molecule has 1 aromatic carbocycles. The van der Waals surface area contributed by atoms with Gasteiger partial charge in [0.15, 0.2) is 0 Å². The van der Waals surface area contributed by atoms with Crippen LogP contribution in [0.25, 0.3) is 5.76 Å². The monoisotopic (exact) mass is 314 g/mol. The van der Waals surface area contributed by atoms with Crippen molar-refractivity contribution in [1.29, 1.82) is 0 Å². The minimum atomic E-state index is -0.616. The van der Waals surface area contributed by atoms with E-state index in [2.05, 4.69) is 30.8 Å². The van der Waals surface area contributed by atoms with E-state index in [-0.39, 0.29) is 29.5 Å². The summed E-state index contributed by atoms with van der Waals surface area (Å²) in [6.07, 6.45) is 1.22. The fourth-order valence-corrected chi connectivity index (χ4v) is 1.96. The van der Waals surface area contributed by atoms with Crippen molar-refractivity contribution in [3.05, 3.63) is 65.0 Å². The van der Waals surface area contributed by atoms with Crippen molar-refractivity contribution in [3.8, 4) is 0 Å². The number of carbonyl (C=O) groups excluding carboxylic acids is 1. The smallest absolute Gasteiger partial charge is 0.244 e. The maximum atomic E-state index is 13.6. The van der Waals surface area contributed by atoms with Crippen LogP contribution in [0.3, 0.4) is 0 Å². The minimum absolute atomic E-state index is 0.160. The van der Waals surface area contributed by atoms with E-state index in [1.807, 2.05) is 0 Å². The Morgan fingerprint density at radius 1 is 1.30 bits per heavy atom. The molecule has 3 aromatic rings. The van der Waals surface area contributed by atoms with Crippen LogP contribution in [0.1, 0.15) is 27.6 Å². The van der Waals surface area contributed by atoms with Crippen molar-refractivity contribution in [2.24, 2.45) is 0 Å². The number of aliphatic hydroxyl groups excluding tert-OH is 1. The van der Waals surface area contributed by atoms with Crippen LogP contribution in [-0.4, -0.2) is 41.7 Å². The molecule has 116 valence electrons. The van der Waals surface area contributed by atoms with Crippen LogP contribution < -0.4 is 0 Å². The number of allylic oxidation sites excluding steroid dienone is 1. The maximum absolute atomic E-state index is 13.6. The van der Waals surface area contributed by atoms with Gasteiger partial charge in [-0.05, 0) is 22.9 Å². The minimum Gasteiger partial charge on any atom is -0.505 e. The highest BCUT2D eigenvalue weighted by atomic mass is 19.1. The number of aliphatic hydroxyl groups is 1. The molecule has 0 spiro atoms. The predicted molar refractivity (Wildman–Crippen MR) is 76.9 cm³/mol. The second-order valence-electron chi connectivity index (χ2n) is 4.68. The van der Waals surface area contributed by atoms with Crippen molar-refractivity contribution in [3.63, 3.8) is 0 Å². The van der Waals surface area contributed by atoms with E-state index < -0.39 is 5.78 Å². The molecule has 2 aromatic heterocycles. The Morgan fingerprint density at radius 3 is 2.87 bits per heavy atom. The first-order valence-corrected chi connectivity index (χ1v) is 6.60. The highest BCUT2D eigenvalue weighted by Crippen LogP contribution is 2.15. The number of rotatable bonds is 5. The molecule has 0 amide bonds. The first-order valence-electron chi connectivity index (χ1n) is 6.60. The molecule has 0 atom stereocenters. The summed E-state index contributed by atoms with van der Waals surface area (Å²) in [6.45, 7) is 0. The standard InChI is InChI=1S/C14H11FN6O2/c15-10-4-2-1-3-8(10)5-9-6-11(17-16-9)12(22)7-13(23)14-18-20-21-19-14/h1-4,6-7,22H,5H2,(H,16,17)(H,18,19,20,21). The number of hydrogen-bond donors (Lipinski definition) is 3. The average molecular weight is 314 g/mol. The van der Waals surface area contributed by atoms with E-state index in [1.165, 1.54) is 12.1 Å². The Labute approximate surface area is 129 Å². The van der Waals surface area contributed by atoms with Crippen LogP contribution in [0.4, 0.5) is 4.39 Å². The van der Waals surface area contributed by atoms with Crippen LogP contribution >= 0.6 is 0 Å². The van der Waals surface area contributed by atoms with Crippen LogP contribution in [0.2, 0.25) is 0 Å². The topological polar surface area (TPSA) is 120 Å². The molecule has 3 N–H and O–H groups in total. The second kappa shape index (κ2) is 6.18. The number of hydrogen-bond acceptors (Lipinski definition) is 6. The van der Waals surface area contributed by atoms with Crippen LogP contribution in [0.5, 0.6) is 0 Å². The lowest BCUT2D eigenvalue weighted by Gasteiger charge is -1.99. The Hall–Kier alpha value is -3.36. The molecule has 23 heavy (non-hydrogen) atoms. The number of benzene rings is 1. The molecule has 0 unspecified atom stereocenters. The largest absolute Gasteiger partial charge is 0.505 e. The zero-order valence-corrected chi connectivity index (χ0v) is 11.7. The molecule has 0 saturated carbocycles. The molecule has 2 heterocycles. The summed E-state index contributed by atoms with van der Waals surface area (Å²) in [5, 5.41) is 28.9. The summed E-state index contributed by atoms with van der Waals surface area (Å²) in [6, 6.07) is 7.90. The maximum Gasteiger partial charge on any atom is 0.244 e. The van der Waals surface area contributed by atoms with Crippen molar-refractivity contribution in [2.45, 2.75) is 6.42 Å². The lowest BCUT2D eigenvalue weighted by Crippen LogP contribution is -1.99. The fourth-order valence-electron chi connectivity index (χ4n) is 1.96. The number of H-pyrrole nitrogens is 2. The van der Waals surface area contributed by atoms with Gasteiger partial charge >= 0.3 is 0 Å². The second-order valence-corrected chi connectivity index (χ2v) is 4.68. The summed E-state index contributed by atoms with van der Waals surface area (Å²) < 4.78 is 13.6. The third-order valence-electron chi connectivity index (χ3n) is 3.07. The van der Waals surface area contributed by atoms with E-state index in [0.29, 0.717) is 11.3 Å². The van der Waals surface area contributed by atoms with Crippen molar-refractivity contribution < 1.29 is 14.3 Å². The van der Waals surface area contributed by atoms with Gasteiger partial charge < -0.3 is 5.11 Å². The summed E-state index contributed by atoms with van der Waals surface area (Å²) >= 11 is 0. The molecule has 0 saturated heterocycles. The van der Waals surface area contributed by atoms with Gasteiger partial charge in [0.25, 0.3) is 0 Å². The van der Waals surface area contributed by atoms with E-state index in [0.717, 1.165) is 6.08 Å². The number of halogens is 1. The average Bonchev–Trinajstić information content (AvgIpc) is 3.21. The number of nitrogens with zero attached hydrogens (tertiary/aromatic N) is 4. The normalized spacial score (nSPS) is 11.6. The van der Waals surface area contributed by atoms with E-state index in [1.54, 1.807) is 18.2 Å². The molecule has 8 nitrogen and oxygen atoms in total. The van der Waals surface area contributed by atoms with Crippen molar-refractivity contribution in [2.75, 3.05) is 0 Å². The van der Waals surface area contributed by atoms with Gasteiger partial charge in [0.1, 0.15) is 17.3 Å². The number of tetrazole rings is 1. The van der Waals surface area contributed by atoms with Gasteiger partial charge in [0, 0.05) is 18.2 Å². The third kappa shape index (κ3) is 3.28. The van der Waals surface area contributed by atoms with Gasteiger partial charge in [0.05, 0.1) is 0 Å². The third-order valence-corrected chi connectivity index (χ3v) is 3.07. The zero-order valence-electron chi connectivity index (χ0n) is 11.7. The highest BCUT2D eigenvalue weighted by Gasteiger charge is 2.13. The number of carbonyl (C=O) groups is 1. The molecular formula is C14H11FN6O2. The van der Waals surface area contributed by atoms with Gasteiger partial charge in [-0.25, -0.2) is 4.39 Å². The molecule has 0 bridgehead atoms. The Morgan fingerprint density at radius 2 is 2.13 bits per heavy atom. The van der Waals surface area contributed by atoms with Gasteiger partial charge in [-0.2, -0.15) is 10.3 Å². The molecule has 0 fully saturated rings. The van der Waals surface area contributed by atoms with Gasteiger partial charge in [-0.1, -0.05) is 18.2 Å². The quantitative estimate of drug-likeness (QED) is 0.372. The first-order chi connectivity index (χ1) is 11.1. The van der Waals surface area contributed by atoms with E-state index >= 15 is 0 Å². The van der Waals surface area contributed by atoms with Crippen molar-refractivity contribution in [1.82, 2.24) is 30.8 Å². The van der Waals surface area contributed by atoms with E-state index in [4.69, 9.17) is 0 Å². The van der Waals surface area contributed by atoms with Gasteiger partial charge in [-0.15, -0.1) is 10.2 Å². The van der Waals surface area contributed by atoms with Crippen LogP contribution in [0.15, 0.2) is 36.4 Å². The molecule has 9 heteroatoms. The van der Waals surface area contributed by atoms with Gasteiger partial charge in [0.2, 0.25) is 11.6 Å². The fraction of sp³-hybridized carbons (Fsp3) is 0.0714. The summed E-state index contributed by atoms with van der Waals surface area (Å²) in [7, 11) is 0. The Bertz CT molecular complexity index is 856. The van der Waals surface area contributed by atoms with Gasteiger partial charge in [-0.3, -0.25) is 9.89 Å².